The molecule has 4 N–H and O–H groups in total. The number of likely N-dealkylation sites (N-methyl/N-ethyl adjacent to an activating group) is 2. The highest BCUT2D eigenvalue weighted by molar-refractivity contribution is 8.00. The van der Waals surface area contributed by atoms with Crippen molar-refractivity contribution in [3.8, 4) is 0 Å². The third-order valence-electron chi connectivity index (χ3n) is 14.2. The average molecular weight is 1060 g/mol. The second-order valence-corrected chi connectivity index (χ2v) is 26.0. The predicted molar refractivity (Wildman–Crippen MR) is 288 cm³/mol. The molecule has 2 aromatic rings. The van der Waals surface area contributed by atoms with Crippen LogP contribution in [0.25, 0.3) is 0 Å². The number of hydrogen-bond acceptors (Lipinski definition) is 12. The summed E-state index contributed by atoms with van der Waals surface area (Å²) in [5, 5.41) is 11.3. The predicted octanol–water partition coefficient (Wildman–Crippen LogP) is 7.01. The van der Waals surface area contributed by atoms with Gasteiger partial charge in [-0.25, -0.2) is 9.59 Å². The first-order valence-electron chi connectivity index (χ1n) is 25.6. The molecule has 4 aliphatic heterocycles. The Morgan fingerprint density at radius 2 is 0.932 bits per heavy atom. The van der Waals surface area contributed by atoms with E-state index in [-0.39, 0.29) is 34.4 Å². The first-order chi connectivity index (χ1) is 34.4. The third-order valence-corrected chi connectivity index (χ3v) is 16.7. The molecule has 4 fully saturated rings. The number of carbonyl (C=O) groups excluding carboxylic acids is 8. The molecule has 4 heterocycles. The fourth-order valence-corrected chi connectivity index (χ4v) is 13.0. The van der Waals surface area contributed by atoms with Crippen molar-refractivity contribution in [3.63, 3.8) is 0 Å². The summed E-state index contributed by atoms with van der Waals surface area (Å²) in [7, 11) is 2.96. The number of rotatable bonds is 13. The van der Waals surface area contributed by atoms with Crippen LogP contribution < -0.4 is 21.3 Å². The van der Waals surface area contributed by atoms with Gasteiger partial charge in [0.25, 0.3) is 0 Å². The van der Waals surface area contributed by atoms with Crippen molar-refractivity contribution in [1.82, 2.24) is 30.2 Å². The lowest BCUT2D eigenvalue weighted by Gasteiger charge is -2.34. The number of thioether (sulfide) groups is 2. The van der Waals surface area contributed by atoms with Crippen LogP contribution in [0.2, 0.25) is 0 Å². The van der Waals surface area contributed by atoms with Crippen LogP contribution in [-0.2, 0) is 51.1 Å². The van der Waals surface area contributed by atoms with Crippen molar-refractivity contribution >= 4 is 82.5 Å². The summed E-state index contributed by atoms with van der Waals surface area (Å²) < 4.78 is 10.9. The molecule has 2 aromatic carbocycles. The first kappa shape index (κ1) is 57.8. The quantitative estimate of drug-likeness (QED) is 0.159. The Bertz CT molecular complexity index is 2270. The Balaban J connectivity index is 1.02. The second-order valence-electron chi connectivity index (χ2n) is 23.4. The molecule has 0 bridgehead atoms. The zero-order valence-electron chi connectivity index (χ0n) is 45.6. The lowest BCUT2D eigenvalue weighted by atomic mass is 9.84. The van der Waals surface area contributed by atoms with Gasteiger partial charge in [0, 0.05) is 25.5 Å². The van der Waals surface area contributed by atoms with E-state index in [0.29, 0.717) is 61.4 Å². The Morgan fingerprint density at radius 3 is 1.24 bits per heavy atom. The smallest absolute Gasteiger partial charge is 0.410 e. The van der Waals surface area contributed by atoms with Gasteiger partial charge in [0.05, 0.1) is 10.7 Å². The molecular weight excluding hydrogens is 985 g/mol. The van der Waals surface area contributed by atoms with Gasteiger partial charge in [0.2, 0.25) is 35.4 Å². The van der Waals surface area contributed by atoms with E-state index in [1.54, 1.807) is 88.7 Å². The number of carbonyl (C=O) groups is 8. The highest BCUT2D eigenvalue weighted by atomic mass is 32.2. The van der Waals surface area contributed by atoms with E-state index < -0.39 is 82.3 Å². The number of benzene rings is 2. The number of nitrogens with one attached hydrogen (secondary N) is 4. The standard InChI is InChI=1S/C54H78N8O10S2/c1-31(59(13)49(69)71-51(3,4)5)43(63)57-37-25-27-73-39-29-53(9,10)41(61(39)47(37)67)45(65)55-35-21-17-33(18-22-35)15-16-34-19-23-36(24-20-34)56-46(66)42-54(11,12)30-40-62(42)48(68)38(26-28-74-40)58-44(64)32(2)60(14)50(70)72-52(6,7)8/h17-24,31-32,37-42H,15-16,25-30H2,1-14H3,(H,55,65)(H,56,66)(H,57,63)(H,58,64)/t31-,32-,37-,38-,39-,40-,41+,42+/m0/s1. The van der Waals surface area contributed by atoms with E-state index in [1.165, 1.54) is 23.9 Å². The molecule has 74 heavy (non-hydrogen) atoms. The SMILES string of the molecule is C[C@@H](C(=O)N[C@H]1CCS[C@H]2CC(C)(C)[C@@H](C(=O)Nc3ccc(CCc4ccc(NC(=O)[C@H]5N6C(=O)[C@@H](NC(=O)[C@H](C)N(C)C(=O)OC(C)(C)C)CCS[C@H]6CC5(C)C)cc4)cc3)N2C1=O)N(C)C(=O)OC(C)(C)C. The molecule has 8 amide bonds. The summed E-state index contributed by atoms with van der Waals surface area (Å²) in [5.74, 6) is -1.05. The number of ether oxygens (including phenoxy) is 2. The molecule has 8 atom stereocenters. The summed E-state index contributed by atoms with van der Waals surface area (Å²) in [6.07, 6.45) is 2.08. The number of aryl methyl sites for hydroxylation is 2. The summed E-state index contributed by atoms with van der Waals surface area (Å²) in [5.41, 5.74) is 0.676. The minimum absolute atomic E-state index is 0.241. The van der Waals surface area contributed by atoms with Crippen LogP contribution in [0.4, 0.5) is 21.0 Å². The summed E-state index contributed by atoms with van der Waals surface area (Å²) in [6, 6.07) is 10.1. The van der Waals surface area contributed by atoms with E-state index in [4.69, 9.17) is 9.47 Å². The molecule has 20 heteroatoms. The van der Waals surface area contributed by atoms with Gasteiger partial charge in [-0.05, 0) is 152 Å². The normalized spacial score (nSPS) is 24.2. The number of fused-ring (bicyclic) bond motifs is 2. The van der Waals surface area contributed by atoms with Crippen molar-refractivity contribution in [2.75, 3.05) is 36.2 Å². The monoisotopic (exact) mass is 1060 g/mol. The largest absolute Gasteiger partial charge is 0.444 e. The van der Waals surface area contributed by atoms with Crippen molar-refractivity contribution in [1.29, 1.82) is 0 Å². The third kappa shape index (κ3) is 13.9. The molecule has 4 aliphatic rings. The Hall–Kier alpha value is -5.50. The van der Waals surface area contributed by atoms with Crippen LogP contribution in [-0.4, -0.2) is 151 Å². The fourth-order valence-electron chi connectivity index (χ4n) is 9.84. The topological polar surface area (TPSA) is 216 Å². The van der Waals surface area contributed by atoms with Gasteiger partial charge < -0.3 is 40.5 Å². The maximum Gasteiger partial charge on any atom is 0.410 e. The Morgan fingerprint density at radius 1 is 0.608 bits per heavy atom. The van der Waals surface area contributed by atoms with Crippen molar-refractivity contribution in [3.05, 3.63) is 59.7 Å². The van der Waals surface area contributed by atoms with E-state index in [9.17, 15) is 38.4 Å². The van der Waals surface area contributed by atoms with Crippen LogP contribution in [0.15, 0.2) is 48.5 Å². The molecular formula is C54H78N8O10S2. The lowest BCUT2D eigenvalue weighted by molar-refractivity contribution is -0.142. The van der Waals surface area contributed by atoms with Crippen LogP contribution >= 0.6 is 23.5 Å². The molecule has 6 rings (SSSR count). The van der Waals surface area contributed by atoms with E-state index in [1.807, 2.05) is 76.2 Å². The summed E-state index contributed by atoms with van der Waals surface area (Å²) in [6.45, 7) is 21.5. The zero-order chi connectivity index (χ0) is 54.8. The molecule has 0 radical (unpaired) electrons. The summed E-state index contributed by atoms with van der Waals surface area (Å²) >= 11 is 3.21. The van der Waals surface area contributed by atoms with Crippen molar-refractivity contribution < 1.29 is 47.8 Å². The molecule has 0 unspecified atom stereocenters. The number of amides is 8. The van der Waals surface area contributed by atoms with Crippen LogP contribution in [0.1, 0.15) is 120 Å². The van der Waals surface area contributed by atoms with Crippen LogP contribution in [0, 0.1) is 10.8 Å². The molecule has 0 aliphatic carbocycles. The van der Waals surface area contributed by atoms with Gasteiger partial charge in [-0.15, -0.1) is 23.5 Å². The molecule has 0 aromatic heterocycles. The van der Waals surface area contributed by atoms with Gasteiger partial charge in [-0.2, -0.15) is 0 Å². The number of nitrogens with zero attached hydrogens (tertiary/aromatic N) is 4. The molecule has 406 valence electrons. The van der Waals surface area contributed by atoms with Gasteiger partial charge in [-0.1, -0.05) is 52.0 Å². The second kappa shape index (κ2) is 22.8. The molecule has 0 spiro atoms. The highest BCUT2D eigenvalue weighted by Crippen LogP contribution is 2.48. The Labute approximate surface area is 445 Å². The minimum Gasteiger partial charge on any atom is -0.444 e. The molecule has 4 saturated heterocycles. The average Bonchev–Trinajstić information content (AvgIpc) is 3.62. The van der Waals surface area contributed by atoms with Gasteiger partial charge >= 0.3 is 12.2 Å². The van der Waals surface area contributed by atoms with Crippen molar-refractivity contribution in [2.24, 2.45) is 10.8 Å². The molecule has 0 saturated carbocycles. The fraction of sp³-hybridized carbons (Fsp3) is 0.630. The summed E-state index contributed by atoms with van der Waals surface area (Å²) in [4.78, 5) is 115. The maximum atomic E-state index is 14.2. The molecule has 18 nitrogen and oxygen atoms in total. The van der Waals surface area contributed by atoms with Crippen molar-refractivity contribution in [2.45, 2.75) is 180 Å². The maximum absolute atomic E-state index is 14.2. The Kier molecular flexibility index (Phi) is 17.8. The van der Waals surface area contributed by atoms with Gasteiger partial charge in [0.1, 0.15) is 47.5 Å². The number of hydrogen-bond donors (Lipinski definition) is 4. The zero-order valence-corrected chi connectivity index (χ0v) is 47.2. The van der Waals surface area contributed by atoms with E-state index >= 15 is 0 Å². The van der Waals surface area contributed by atoms with E-state index in [0.717, 1.165) is 11.1 Å². The van der Waals surface area contributed by atoms with E-state index in [2.05, 4.69) is 21.3 Å². The van der Waals surface area contributed by atoms with Gasteiger partial charge in [-0.3, -0.25) is 38.6 Å². The van der Waals surface area contributed by atoms with Crippen LogP contribution in [0.5, 0.6) is 0 Å². The van der Waals surface area contributed by atoms with Crippen LogP contribution in [0.3, 0.4) is 0 Å². The lowest BCUT2D eigenvalue weighted by Crippen LogP contribution is -2.57. The highest BCUT2D eigenvalue weighted by Gasteiger charge is 2.56. The minimum atomic E-state index is -0.904. The van der Waals surface area contributed by atoms with Gasteiger partial charge in [0.15, 0.2) is 0 Å². The number of anilines is 2. The first-order valence-corrected chi connectivity index (χ1v) is 27.7.